The van der Waals surface area contributed by atoms with E-state index in [1.165, 1.54) is 18.2 Å². The average Bonchev–Trinajstić information content (AvgIpc) is 2.56. The van der Waals surface area contributed by atoms with Crippen molar-refractivity contribution >= 4 is 39.1 Å². The van der Waals surface area contributed by atoms with Crippen LogP contribution in [0.5, 0.6) is 5.75 Å². The fourth-order valence-corrected chi connectivity index (χ4v) is 2.91. The largest absolute Gasteiger partial charge is 0.496 e. The fourth-order valence-electron chi connectivity index (χ4n) is 2.18. The molecule has 1 amide bonds. The third kappa shape index (κ3) is 4.93. The second kappa shape index (κ2) is 8.46. The maximum Gasteiger partial charge on any atom is 0.279 e. The van der Waals surface area contributed by atoms with E-state index in [1.807, 2.05) is 30.4 Å². The van der Waals surface area contributed by atoms with E-state index in [0.29, 0.717) is 5.02 Å². The van der Waals surface area contributed by atoms with Gasteiger partial charge in [0.1, 0.15) is 17.6 Å². The molecule has 4 nitrogen and oxygen atoms in total. The molecule has 0 spiro atoms. The van der Waals surface area contributed by atoms with Gasteiger partial charge in [-0.2, -0.15) is 0 Å². The minimum Gasteiger partial charge on any atom is -0.496 e. The van der Waals surface area contributed by atoms with Crippen LogP contribution >= 0.6 is 27.5 Å². The number of carbonyl (C=O) groups is 1. The Hall–Kier alpha value is -1.63. The zero-order valence-corrected chi connectivity index (χ0v) is 15.6. The molecule has 2 rings (SSSR count). The first kappa shape index (κ1) is 18.7. The first-order valence-electron chi connectivity index (χ1n) is 7.32. The molecular weight excluding hydrogens is 399 g/mol. The highest BCUT2D eigenvalue weighted by Gasteiger charge is 2.14. The van der Waals surface area contributed by atoms with Crippen LogP contribution in [0.4, 0.5) is 10.1 Å². The zero-order valence-electron chi connectivity index (χ0n) is 13.3. The second-order valence-corrected chi connectivity index (χ2v) is 6.59. The molecule has 0 radical (unpaired) electrons. The number of anilines is 1. The van der Waals surface area contributed by atoms with Gasteiger partial charge in [0.15, 0.2) is 6.54 Å². The van der Waals surface area contributed by atoms with Crippen molar-refractivity contribution in [3.8, 4) is 5.75 Å². The summed E-state index contributed by atoms with van der Waals surface area (Å²) >= 11 is 9.25. The third-order valence-electron chi connectivity index (χ3n) is 3.56. The van der Waals surface area contributed by atoms with Gasteiger partial charge in [0.25, 0.3) is 5.91 Å². The highest BCUT2D eigenvalue weighted by molar-refractivity contribution is 9.10. The van der Waals surface area contributed by atoms with Crippen LogP contribution in [-0.2, 0) is 4.79 Å². The number of hydrogen-bond acceptors (Lipinski definition) is 2. The Morgan fingerprint density at radius 3 is 2.79 bits per heavy atom. The highest BCUT2D eigenvalue weighted by atomic mass is 79.9. The fraction of sp³-hybridized carbons (Fsp3) is 0.235. The Morgan fingerprint density at radius 2 is 2.12 bits per heavy atom. The van der Waals surface area contributed by atoms with Crippen LogP contribution in [0, 0.1) is 5.82 Å². The van der Waals surface area contributed by atoms with Crippen molar-refractivity contribution in [2.75, 3.05) is 19.0 Å². The highest BCUT2D eigenvalue weighted by Crippen LogP contribution is 2.27. The minimum absolute atomic E-state index is 0.0576. The standard InChI is InChI=1S/C17H17BrClFN2O2/c1-10(11-3-6-16(24-2)13(18)7-11)21-9-17(23)22-15-8-12(19)4-5-14(15)20/h3-8,10,21H,9H2,1-2H3,(H,22,23)/p+1/t10-/m1/s1. The normalized spacial score (nSPS) is 11.9. The number of hydrogen-bond donors (Lipinski definition) is 2. The molecule has 0 aliphatic rings. The van der Waals surface area contributed by atoms with Crippen LogP contribution in [0.15, 0.2) is 40.9 Å². The number of benzene rings is 2. The van der Waals surface area contributed by atoms with Crippen molar-refractivity contribution in [2.45, 2.75) is 13.0 Å². The lowest BCUT2D eigenvalue weighted by Gasteiger charge is -2.13. The van der Waals surface area contributed by atoms with Crippen LogP contribution in [0.2, 0.25) is 5.02 Å². The maximum absolute atomic E-state index is 13.6. The Bertz CT molecular complexity index is 743. The third-order valence-corrected chi connectivity index (χ3v) is 4.42. The van der Waals surface area contributed by atoms with Crippen molar-refractivity contribution in [3.05, 3.63) is 57.3 Å². The number of amides is 1. The summed E-state index contributed by atoms with van der Waals surface area (Å²) < 4.78 is 19.7. The number of quaternary nitrogens is 1. The molecule has 0 aromatic heterocycles. The monoisotopic (exact) mass is 415 g/mol. The number of nitrogens with two attached hydrogens (primary N) is 1. The number of methoxy groups -OCH3 is 1. The summed E-state index contributed by atoms with van der Waals surface area (Å²) in [6, 6.07) is 9.86. The maximum atomic E-state index is 13.6. The number of rotatable bonds is 6. The molecule has 0 heterocycles. The lowest BCUT2D eigenvalue weighted by atomic mass is 10.1. The molecule has 2 aromatic carbocycles. The van der Waals surface area contributed by atoms with Crippen molar-refractivity contribution in [3.63, 3.8) is 0 Å². The van der Waals surface area contributed by atoms with Crippen LogP contribution in [0.25, 0.3) is 0 Å². The topological polar surface area (TPSA) is 54.9 Å². The van der Waals surface area contributed by atoms with E-state index in [0.717, 1.165) is 15.8 Å². The Balaban J connectivity index is 1.93. The second-order valence-electron chi connectivity index (χ2n) is 5.29. The molecule has 0 bridgehead atoms. The van der Waals surface area contributed by atoms with E-state index in [4.69, 9.17) is 16.3 Å². The van der Waals surface area contributed by atoms with Gasteiger partial charge in [0, 0.05) is 10.6 Å². The molecule has 1 atom stereocenters. The van der Waals surface area contributed by atoms with Gasteiger partial charge < -0.3 is 15.4 Å². The van der Waals surface area contributed by atoms with Crippen LogP contribution in [-0.4, -0.2) is 19.6 Å². The van der Waals surface area contributed by atoms with Crippen molar-refractivity contribution < 1.29 is 19.2 Å². The Kier molecular flexibility index (Phi) is 6.60. The number of carbonyl (C=O) groups excluding carboxylic acids is 1. The van der Waals surface area contributed by atoms with Crippen molar-refractivity contribution in [2.24, 2.45) is 0 Å². The SMILES string of the molecule is COc1ccc([C@@H](C)[NH2+]CC(=O)Nc2cc(Cl)ccc2F)cc1Br. The molecule has 0 saturated heterocycles. The molecule has 0 unspecified atom stereocenters. The van der Waals surface area contributed by atoms with Gasteiger partial charge in [0.2, 0.25) is 0 Å². The number of halogens is 3. The van der Waals surface area contributed by atoms with Gasteiger partial charge in [-0.3, -0.25) is 4.79 Å². The van der Waals surface area contributed by atoms with Crippen molar-refractivity contribution in [1.82, 2.24) is 0 Å². The summed E-state index contributed by atoms with van der Waals surface area (Å²) in [5.74, 6) is -0.0596. The molecular formula is C17H18BrClFN2O2+. The number of nitrogens with one attached hydrogen (secondary N) is 1. The van der Waals surface area contributed by atoms with E-state index in [9.17, 15) is 9.18 Å². The van der Waals surface area contributed by atoms with E-state index in [1.54, 1.807) is 7.11 Å². The predicted molar refractivity (Wildman–Crippen MR) is 95.9 cm³/mol. The van der Waals surface area contributed by atoms with Gasteiger partial charge in [-0.15, -0.1) is 0 Å². The molecule has 7 heteroatoms. The van der Waals surface area contributed by atoms with E-state index >= 15 is 0 Å². The summed E-state index contributed by atoms with van der Waals surface area (Å²) in [4.78, 5) is 12.0. The average molecular weight is 417 g/mol. The predicted octanol–water partition coefficient (Wildman–Crippen LogP) is 3.51. The smallest absolute Gasteiger partial charge is 0.279 e. The first-order chi connectivity index (χ1) is 11.4. The Labute approximate surface area is 153 Å². The molecule has 2 aromatic rings. The summed E-state index contributed by atoms with van der Waals surface area (Å²) in [6.07, 6.45) is 0. The van der Waals surface area contributed by atoms with Gasteiger partial charge in [-0.1, -0.05) is 11.6 Å². The summed E-state index contributed by atoms with van der Waals surface area (Å²) in [7, 11) is 1.61. The van der Waals surface area contributed by atoms with Crippen LogP contribution in [0.1, 0.15) is 18.5 Å². The quantitative estimate of drug-likeness (QED) is 0.757. The molecule has 0 fully saturated rings. The summed E-state index contributed by atoms with van der Waals surface area (Å²) in [6.45, 7) is 2.15. The van der Waals surface area contributed by atoms with Gasteiger partial charge in [-0.05, 0) is 59.3 Å². The summed E-state index contributed by atoms with van der Waals surface area (Å²) in [5.41, 5.74) is 1.13. The lowest BCUT2D eigenvalue weighted by molar-refractivity contribution is -0.682. The zero-order chi connectivity index (χ0) is 17.7. The van der Waals surface area contributed by atoms with Crippen molar-refractivity contribution in [1.29, 1.82) is 0 Å². The molecule has 0 saturated carbocycles. The van der Waals surface area contributed by atoms with Gasteiger partial charge >= 0.3 is 0 Å². The Morgan fingerprint density at radius 1 is 1.38 bits per heavy atom. The van der Waals surface area contributed by atoms with E-state index in [-0.39, 0.29) is 24.2 Å². The number of ether oxygens (including phenoxy) is 1. The van der Waals surface area contributed by atoms with Gasteiger partial charge in [0.05, 0.1) is 17.3 Å². The van der Waals surface area contributed by atoms with E-state index < -0.39 is 5.82 Å². The van der Waals surface area contributed by atoms with Gasteiger partial charge in [-0.25, -0.2) is 4.39 Å². The lowest BCUT2D eigenvalue weighted by Crippen LogP contribution is -2.86. The van der Waals surface area contributed by atoms with Crippen LogP contribution < -0.4 is 15.4 Å². The van der Waals surface area contributed by atoms with E-state index in [2.05, 4.69) is 21.2 Å². The van der Waals surface area contributed by atoms with Crippen LogP contribution in [0.3, 0.4) is 0 Å². The molecule has 0 aliphatic heterocycles. The first-order valence-corrected chi connectivity index (χ1v) is 8.49. The molecule has 24 heavy (non-hydrogen) atoms. The summed E-state index contributed by atoms with van der Waals surface area (Å²) in [5, 5.41) is 4.76. The molecule has 128 valence electrons. The minimum atomic E-state index is -0.514. The molecule has 0 aliphatic carbocycles. The molecule has 3 N–H and O–H groups in total.